The summed E-state index contributed by atoms with van der Waals surface area (Å²) in [6, 6.07) is 7.66. The van der Waals surface area contributed by atoms with E-state index in [1.54, 1.807) is 18.7 Å². The van der Waals surface area contributed by atoms with E-state index in [1.807, 2.05) is 42.1 Å². The van der Waals surface area contributed by atoms with Crippen molar-refractivity contribution < 1.29 is 24.2 Å². The smallest absolute Gasteiger partial charge is 0.326 e. The van der Waals surface area contributed by atoms with Crippen LogP contribution >= 0.6 is 11.8 Å². The van der Waals surface area contributed by atoms with Crippen molar-refractivity contribution in [2.45, 2.75) is 75.4 Å². The molecule has 0 radical (unpaired) electrons. The lowest BCUT2D eigenvalue weighted by Gasteiger charge is -2.43. The first-order valence-electron chi connectivity index (χ1n) is 11.1. The summed E-state index contributed by atoms with van der Waals surface area (Å²) in [7, 11) is 0. The van der Waals surface area contributed by atoms with Crippen LogP contribution in [0.2, 0.25) is 0 Å². The molecule has 1 aromatic rings. The Morgan fingerprint density at radius 2 is 1.97 bits per heavy atom. The van der Waals surface area contributed by atoms with E-state index in [0.717, 1.165) is 24.2 Å². The van der Waals surface area contributed by atoms with Crippen LogP contribution in [0.1, 0.15) is 45.1 Å². The van der Waals surface area contributed by atoms with Gasteiger partial charge in [-0.3, -0.25) is 14.9 Å². The van der Waals surface area contributed by atoms with Gasteiger partial charge in [-0.05, 0) is 57.3 Å². The summed E-state index contributed by atoms with van der Waals surface area (Å²) < 4.78 is 5.22. The van der Waals surface area contributed by atoms with Gasteiger partial charge in [-0.15, -0.1) is 0 Å². The monoisotopic (exact) mass is 448 g/mol. The predicted octanol–water partition coefficient (Wildman–Crippen LogP) is 2.48. The molecule has 3 rings (SSSR count). The molecule has 7 nitrogen and oxygen atoms in total. The van der Waals surface area contributed by atoms with E-state index in [-0.39, 0.29) is 24.5 Å². The second-order valence-electron chi connectivity index (χ2n) is 8.16. The Bertz CT molecular complexity index is 774. The van der Waals surface area contributed by atoms with Crippen LogP contribution in [0.3, 0.4) is 0 Å². The molecule has 1 aromatic carbocycles. The van der Waals surface area contributed by atoms with Crippen LogP contribution < -0.4 is 5.32 Å². The number of thioether (sulfide) groups is 1. The quantitative estimate of drug-likeness (QED) is 0.560. The maximum atomic E-state index is 13.4. The van der Waals surface area contributed by atoms with Crippen molar-refractivity contribution in [2.24, 2.45) is 0 Å². The van der Waals surface area contributed by atoms with E-state index < -0.39 is 24.1 Å². The Kier molecular flexibility index (Phi) is 8.37. The zero-order valence-electron chi connectivity index (χ0n) is 18.2. The van der Waals surface area contributed by atoms with Crippen molar-refractivity contribution in [1.29, 1.82) is 0 Å². The lowest BCUT2D eigenvalue weighted by atomic mass is 9.92. The van der Waals surface area contributed by atoms with Gasteiger partial charge in [0.1, 0.15) is 12.1 Å². The van der Waals surface area contributed by atoms with Gasteiger partial charge >= 0.3 is 11.9 Å². The topological polar surface area (TPSA) is 95.9 Å². The van der Waals surface area contributed by atoms with Gasteiger partial charge in [0.25, 0.3) is 0 Å². The number of ether oxygens (including phenoxy) is 1. The van der Waals surface area contributed by atoms with Crippen molar-refractivity contribution in [3.8, 4) is 0 Å². The summed E-state index contributed by atoms with van der Waals surface area (Å²) >= 11 is 1.82. The number of esters is 1. The van der Waals surface area contributed by atoms with Crippen LogP contribution in [0.15, 0.2) is 30.3 Å². The van der Waals surface area contributed by atoms with Gasteiger partial charge in [0.15, 0.2) is 0 Å². The number of aryl methyl sites for hydroxylation is 1. The van der Waals surface area contributed by atoms with Gasteiger partial charge in [0, 0.05) is 11.3 Å². The minimum Gasteiger partial charge on any atom is -0.480 e. The fraction of sp³-hybridized carbons (Fsp3) is 0.609. The zero-order chi connectivity index (χ0) is 22.4. The van der Waals surface area contributed by atoms with Crippen molar-refractivity contribution in [3.05, 3.63) is 35.9 Å². The van der Waals surface area contributed by atoms with Crippen molar-refractivity contribution in [3.63, 3.8) is 0 Å². The number of carbonyl (C=O) groups excluding carboxylic acids is 2. The van der Waals surface area contributed by atoms with Crippen LogP contribution in [0.5, 0.6) is 0 Å². The summed E-state index contributed by atoms with van der Waals surface area (Å²) in [5, 5.41) is 13.2. The molecule has 31 heavy (non-hydrogen) atoms. The van der Waals surface area contributed by atoms with Crippen molar-refractivity contribution in [2.75, 3.05) is 12.4 Å². The van der Waals surface area contributed by atoms with E-state index in [0.29, 0.717) is 24.5 Å². The number of nitrogens with one attached hydrogen (secondary N) is 1. The molecule has 2 N–H and O–H groups in total. The Labute approximate surface area is 187 Å². The first-order valence-corrected chi connectivity index (χ1v) is 12.1. The minimum atomic E-state index is -0.957. The average molecular weight is 449 g/mol. The van der Waals surface area contributed by atoms with Gasteiger partial charge in [0.05, 0.1) is 12.6 Å². The molecule has 2 aliphatic rings. The van der Waals surface area contributed by atoms with E-state index in [1.165, 1.54) is 0 Å². The number of amides is 1. The molecule has 0 aromatic heterocycles. The fourth-order valence-electron chi connectivity index (χ4n) is 4.55. The summed E-state index contributed by atoms with van der Waals surface area (Å²) in [4.78, 5) is 39.4. The summed E-state index contributed by atoms with van der Waals surface area (Å²) in [5.41, 5.74) is 1.10. The minimum absolute atomic E-state index is 0.0537. The highest BCUT2D eigenvalue weighted by molar-refractivity contribution is 8.00. The molecule has 2 saturated heterocycles. The van der Waals surface area contributed by atoms with Gasteiger partial charge in [-0.1, -0.05) is 30.3 Å². The van der Waals surface area contributed by atoms with E-state index >= 15 is 0 Å². The molecule has 8 heteroatoms. The number of fused-ring (bicyclic) bond motifs is 1. The molecular weight excluding hydrogens is 416 g/mol. The van der Waals surface area contributed by atoms with Crippen LogP contribution in [-0.4, -0.2) is 69.6 Å². The molecule has 3 unspecified atom stereocenters. The maximum Gasteiger partial charge on any atom is 0.326 e. The van der Waals surface area contributed by atoms with Crippen LogP contribution in [-0.2, 0) is 25.5 Å². The molecule has 5 atom stereocenters. The highest BCUT2D eigenvalue weighted by atomic mass is 32.2. The van der Waals surface area contributed by atoms with Crippen molar-refractivity contribution in [1.82, 2.24) is 10.2 Å². The molecule has 2 fully saturated rings. The third-order valence-corrected chi connectivity index (χ3v) is 7.54. The van der Waals surface area contributed by atoms with Crippen LogP contribution in [0.4, 0.5) is 0 Å². The normalized spacial score (nSPS) is 24.8. The molecule has 2 heterocycles. The predicted molar refractivity (Wildman–Crippen MR) is 120 cm³/mol. The molecule has 2 aliphatic heterocycles. The third kappa shape index (κ3) is 5.80. The third-order valence-electron chi connectivity index (χ3n) is 6.09. The number of benzene rings is 1. The number of carboxylic acids is 1. The Morgan fingerprint density at radius 1 is 1.23 bits per heavy atom. The second kappa shape index (κ2) is 11.0. The zero-order valence-corrected chi connectivity index (χ0v) is 19.0. The molecule has 0 saturated carbocycles. The first-order chi connectivity index (χ1) is 14.9. The molecule has 1 amide bonds. The maximum absolute atomic E-state index is 13.4. The number of hydrogen-bond acceptors (Lipinski definition) is 6. The fourth-order valence-corrected chi connectivity index (χ4v) is 6.02. The molecule has 0 spiro atoms. The number of hydrogen-bond donors (Lipinski definition) is 2. The molecule has 0 aliphatic carbocycles. The number of likely N-dealkylation sites (tertiary alicyclic amines) is 1. The lowest BCUT2D eigenvalue weighted by molar-refractivity contribution is -0.156. The van der Waals surface area contributed by atoms with Gasteiger partial charge in [0.2, 0.25) is 5.91 Å². The van der Waals surface area contributed by atoms with Gasteiger partial charge in [-0.25, -0.2) is 4.79 Å². The summed E-state index contributed by atoms with van der Waals surface area (Å²) in [6.45, 7) is 3.73. The standard InChI is InChI=1S/C23H32N2O5S/c1-3-30-23(29)17(10-9-16-7-5-4-6-8-16)24-15(2)21(26)25-18-13-14-31-20(18)12-11-19(25)22(27)28/h4-8,15,17-20,24H,3,9-14H2,1-2H3,(H,27,28)/t15-,17?,18?,19-,20?/m0/s1. The number of carbonyl (C=O) groups is 3. The second-order valence-corrected chi connectivity index (χ2v) is 9.51. The Balaban J connectivity index is 1.71. The highest BCUT2D eigenvalue weighted by Gasteiger charge is 2.46. The molecular formula is C23H32N2O5S. The highest BCUT2D eigenvalue weighted by Crippen LogP contribution is 2.39. The largest absolute Gasteiger partial charge is 0.480 e. The van der Waals surface area contributed by atoms with Crippen LogP contribution in [0, 0.1) is 0 Å². The van der Waals surface area contributed by atoms with E-state index in [4.69, 9.17) is 4.74 Å². The van der Waals surface area contributed by atoms with E-state index in [2.05, 4.69) is 5.32 Å². The number of piperidine rings is 1. The van der Waals surface area contributed by atoms with Gasteiger partial charge in [-0.2, -0.15) is 11.8 Å². The lowest BCUT2D eigenvalue weighted by Crippen LogP contribution is -2.61. The number of nitrogens with zero attached hydrogens (tertiary/aromatic N) is 1. The average Bonchev–Trinajstić information content (AvgIpc) is 3.25. The first kappa shape index (κ1) is 23.6. The van der Waals surface area contributed by atoms with Gasteiger partial charge < -0.3 is 14.7 Å². The number of aliphatic carboxylic acids is 1. The Morgan fingerprint density at radius 3 is 2.65 bits per heavy atom. The summed E-state index contributed by atoms with van der Waals surface area (Å²) in [5.74, 6) is -0.656. The molecule has 170 valence electrons. The van der Waals surface area contributed by atoms with E-state index in [9.17, 15) is 19.5 Å². The van der Waals surface area contributed by atoms with Crippen LogP contribution in [0.25, 0.3) is 0 Å². The SMILES string of the molecule is CCOC(=O)C(CCc1ccccc1)N[C@@H](C)C(=O)N1C2CCSC2CC[C@H]1C(=O)O. The molecule has 0 bridgehead atoms. The number of carboxylic acid groups (broad SMARTS) is 1. The Hall–Kier alpha value is -2.06. The number of rotatable bonds is 9. The van der Waals surface area contributed by atoms with Crippen molar-refractivity contribution >= 4 is 29.6 Å². The summed E-state index contributed by atoms with van der Waals surface area (Å²) in [6.07, 6.45) is 3.26.